The Balaban J connectivity index is 1.52. The summed E-state index contributed by atoms with van der Waals surface area (Å²) in [6, 6.07) is 6.77. The molecule has 1 N–H and O–H groups in total. The van der Waals surface area contributed by atoms with E-state index in [1.165, 1.54) is 12.1 Å². The zero-order chi connectivity index (χ0) is 17.6. The average molecular weight is 346 g/mol. The highest BCUT2D eigenvalue weighted by Crippen LogP contribution is 2.29. The number of hydrogen-bond donors (Lipinski definition) is 1. The Morgan fingerprint density at radius 3 is 2.72 bits per heavy atom. The lowest BCUT2D eigenvalue weighted by Crippen LogP contribution is -2.45. The fourth-order valence-electron chi connectivity index (χ4n) is 4.03. The minimum atomic E-state index is -0.220. The van der Waals surface area contributed by atoms with Gasteiger partial charge in [0.15, 0.2) is 0 Å². The normalized spacial score (nSPS) is 24.2. The maximum Gasteiger partial charge on any atom is 0.239 e. The lowest BCUT2D eigenvalue weighted by atomic mass is 9.94. The first kappa shape index (κ1) is 17.9. The van der Waals surface area contributed by atoms with E-state index in [0.29, 0.717) is 18.9 Å². The van der Waals surface area contributed by atoms with Gasteiger partial charge in [-0.3, -0.25) is 9.59 Å². The summed E-state index contributed by atoms with van der Waals surface area (Å²) in [6.07, 6.45) is 7.54. The molecule has 1 aromatic rings. The van der Waals surface area contributed by atoms with E-state index in [0.717, 1.165) is 50.5 Å². The van der Waals surface area contributed by atoms with Crippen LogP contribution in [0.15, 0.2) is 24.3 Å². The molecule has 1 aromatic carbocycles. The monoisotopic (exact) mass is 346 g/mol. The number of hydrogen-bond acceptors (Lipinski definition) is 2. The maximum atomic E-state index is 13.0. The van der Waals surface area contributed by atoms with Crippen molar-refractivity contribution in [2.75, 3.05) is 13.1 Å². The SMILES string of the molecule is O=C(CN1CCCCCC1=O)N[C@@H]1CCC[C@@H]1Cc1ccc(F)cc1. The molecule has 0 spiro atoms. The van der Waals surface area contributed by atoms with Gasteiger partial charge in [0.05, 0.1) is 6.54 Å². The summed E-state index contributed by atoms with van der Waals surface area (Å²) < 4.78 is 13.0. The van der Waals surface area contributed by atoms with Gasteiger partial charge in [-0.1, -0.05) is 25.0 Å². The van der Waals surface area contributed by atoms with Crippen LogP contribution in [-0.2, 0) is 16.0 Å². The maximum absolute atomic E-state index is 13.0. The van der Waals surface area contributed by atoms with Crippen molar-refractivity contribution >= 4 is 11.8 Å². The van der Waals surface area contributed by atoms with Gasteiger partial charge < -0.3 is 10.2 Å². The summed E-state index contributed by atoms with van der Waals surface area (Å²) in [5.41, 5.74) is 1.11. The summed E-state index contributed by atoms with van der Waals surface area (Å²) in [5.74, 6) is 0.213. The highest BCUT2D eigenvalue weighted by atomic mass is 19.1. The molecule has 2 fully saturated rings. The zero-order valence-corrected chi connectivity index (χ0v) is 14.7. The molecule has 1 saturated heterocycles. The van der Waals surface area contributed by atoms with Crippen molar-refractivity contribution in [3.8, 4) is 0 Å². The number of carbonyl (C=O) groups is 2. The number of halogens is 1. The van der Waals surface area contributed by atoms with Gasteiger partial charge in [-0.05, 0) is 55.7 Å². The lowest BCUT2D eigenvalue weighted by molar-refractivity contribution is -0.135. The highest BCUT2D eigenvalue weighted by molar-refractivity contribution is 5.85. The largest absolute Gasteiger partial charge is 0.352 e. The van der Waals surface area contributed by atoms with E-state index in [1.807, 2.05) is 12.1 Å². The van der Waals surface area contributed by atoms with Crippen LogP contribution >= 0.6 is 0 Å². The molecule has 1 saturated carbocycles. The van der Waals surface area contributed by atoms with Crippen LogP contribution in [0.2, 0.25) is 0 Å². The average Bonchev–Trinajstić information content (AvgIpc) is 2.91. The summed E-state index contributed by atoms with van der Waals surface area (Å²) >= 11 is 0. The van der Waals surface area contributed by atoms with E-state index in [9.17, 15) is 14.0 Å². The van der Waals surface area contributed by atoms with Gasteiger partial charge in [0, 0.05) is 19.0 Å². The summed E-state index contributed by atoms with van der Waals surface area (Å²) in [6.45, 7) is 0.870. The first-order chi connectivity index (χ1) is 12.1. The topological polar surface area (TPSA) is 49.4 Å². The van der Waals surface area contributed by atoms with Crippen molar-refractivity contribution in [1.29, 1.82) is 0 Å². The molecule has 136 valence electrons. The predicted molar refractivity (Wildman–Crippen MR) is 94.4 cm³/mol. The van der Waals surface area contributed by atoms with Crippen LogP contribution in [0.4, 0.5) is 4.39 Å². The van der Waals surface area contributed by atoms with Crippen LogP contribution in [0.1, 0.15) is 50.5 Å². The van der Waals surface area contributed by atoms with Crippen LogP contribution in [0.25, 0.3) is 0 Å². The minimum absolute atomic E-state index is 0.0498. The molecule has 1 heterocycles. The van der Waals surface area contributed by atoms with Crippen LogP contribution in [0.3, 0.4) is 0 Å². The first-order valence-corrected chi connectivity index (χ1v) is 9.43. The number of carbonyl (C=O) groups excluding carboxylic acids is 2. The molecule has 0 radical (unpaired) electrons. The second-order valence-electron chi connectivity index (χ2n) is 7.32. The predicted octanol–water partition coefficient (Wildman–Crippen LogP) is 3.06. The Morgan fingerprint density at radius 2 is 1.92 bits per heavy atom. The molecule has 0 bridgehead atoms. The quantitative estimate of drug-likeness (QED) is 0.891. The number of benzene rings is 1. The van der Waals surface area contributed by atoms with Crippen LogP contribution in [0.5, 0.6) is 0 Å². The molecule has 0 unspecified atom stereocenters. The molecule has 1 aliphatic carbocycles. The van der Waals surface area contributed by atoms with E-state index >= 15 is 0 Å². The molecule has 4 nitrogen and oxygen atoms in total. The molecule has 5 heteroatoms. The number of likely N-dealkylation sites (tertiary alicyclic amines) is 1. The van der Waals surface area contributed by atoms with Crippen molar-refractivity contribution in [3.05, 3.63) is 35.6 Å². The minimum Gasteiger partial charge on any atom is -0.352 e. The highest BCUT2D eigenvalue weighted by Gasteiger charge is 2.29. The van der Waals surface area contributed by atoms with E-state index in [2.05, 4.69) is 5.32 Å². The fourth-order valence-corrected chi connectivity index (χ4v) is 4.03. The third-order valence-electron chi connectivity index (χ3n) is 5.42. The molecule has 2 amide bonds. The molecule has 25 heavy (non-hydrogen) atoms. The second kappa shape index (κ2) is 8.45. The van der Waals surface area contributed by atoms with Crippen molar-refractivity contribution in [1.82, 2.24) is 10.2 Å². The van der Waals surface area contributed by atoms with Gasteiger partial charge in [-0.25, -0.2) is 4.39 Å². The van der Waals surface area contributed by atoms with E-state index < -0.39 is 0 Å². The zero-order valence-electron chi connectivity index (χ0n) is 14.7. The van der Waals surface area contributed by atoms with Crippen LogP contribution < -0.4 is 5.32 Å². The third kappa shape index (κ3) is 5.03. The Hall–Kier alpha value is -1.91. The Kier molecular flexibility index (Phi) is 6.05. The Morgan fingerprint density at radius 1 is 1.12 bits per heavy atom. The summed E-state index contributed by atoms with van der Waals surface area (Å²) in [4.78, 5) is 26.1. The standard InChI is InChI=1S/C20H27FN2O2/c21-17-10-8-15(9-11-17)13-16-5-4-6-18(16)22-19(24)14-23-12-3-1-2-7-20(23)25/h8-11,16,18H,1-7,12-14H2,(H,22,24)/t16-,18-/m1/s1. The fraction of sp³-hybridized carbons (Fsp3) is 0.600. The van der Waals surface area contributed by atoms with Crippen molar-refractivity contribution < 1.29 is 14.0 Å². The van der Waals surface area contributed by atoms with E-state index in [-0.39, 0.29) is 30.2 Å². The van der Waals surface area contributed by atoms with Gasteiger partial charge in [-0.2, -0.15) is 0 Å². The Bertz CT molecular complexity index is 602. The van der Waals surface area contributed by atoms with Gasteiger partial charge in [0.2, 0.25) is 11.8 Å². The number of nitrogens with one attached hydrogen (secondary N) is 1. The van der Waals surface area contributed by atoms with Gasteiger partial charge in [0.25, 0.3) is 0 Å². The van der Waals surface area contributed by atoms with E-state index in [1.54, 1.807) is 4.90 Å². The van der Waals surface area contributed by atoms with E-state index in [4.69, 9.17) is 0 Å². The first-order valence-electron chi connectivity index (χ1n) is 9.43. The van der Waals surface area contributed by atoms with Crippen molar-refractivity contribution in [2.24, 2.45) is 5.92 Å². The van der Waals surface area contributed by atoms with Crippen molar-refractivity contribution in [3.63, 3.8) is 0 Å². The lowest BCUT2D eigenvalue weighted by Gasteiger charge is -2.24. The molecule has 3 rings (SSSR count). The molecular formula is C20H27FN2O2. The van der Waals surface area contributed by atoms with Crippen LogP contribution in [-0.4, -0.2) is 35.8 Å². The summed E-state index contributed by atoms with van der Waals surface area (Å²) in [7, 11) is 0. The molecule has 1 aliphatic heterocycles. The molecule has 0 aromatic heterocycles. The number of rotatable bonds is 5. The second-order valence-corrected chi connectivity index (χ2v) is 7.32. The smallest absolute Gasteiger partial charge is 0.239 e. The Labute approximate surface area is 148 Å². The molecular weight excluding hydrogens is 319 g/mol. The summed E-state index contributed by atoms with van der Waals surface area (Å²) in [5, 5.41) is 3.14. The van der Waals surface area contributed by atoms with Crippen LogP contribution in [0, 0.1) is 11.7 Å². The number of amides is 2. The van der Waals surface area contributed by atoms with Gasteiger partial charge in [0.1, 0.15) is 5.82 Å². The third-order valence-corrected chi connectivity index (χ3v) is 5.42. The van der Waals surface area contributed by atoms with Crippen molar-refractivity contribution in [2.45, 2.75) is 57.4 Å². The van der Waals surface area contributed by atoms with Gasteiger partial charge in [-0.15, -0.1) is 0 Å². The van der Waals surface area contributed by atoms with Gasteiger partial charge >= 0.3 is 0 Å². The molecule has 2 aliphatic rings. The molecule has 2 atom stereocenters. The number of nitrogens with zero attached hydrogens (tertiary/aromatic N) is 1.